The molecule has 1 rings (SSSR count). The zero-order chi connectivity index (χ0) is 14.7. The third-order valence-electron chi connectivity index (χ3n) is 3.47. The van der Waals surface area contributed by atoms with Gasteiger partial charge in [0.1, 0.15) is 0 Å². The Bertz CT molecular complexity index is 315. The number of hydrogen-bond donors (Lipinski definition) is 0. The van der Waals surface area contributed by atoms with E-state index in [2.05, 4.69) is 65.8 Å². The van der Waals surface area contributed by atoms with Gasteiger partial charge >= 0.3 is 0 Å². The number of hydrogen-bond acceptors (Lipinski definition) is 0. The van der Waals surface area contributed by atoms with Crippen LogP contribution in [0.4, 0.5) is 0 Å². The summed E-state index contributed by atoms with van der Waals surface area (Å²) in [5, 5.41) is 0. The molecule has 0 bridgehead atoms. The molecule has 1 aromatic carbocycles. The van der Waals surface area contributed by atoms with Gasteiger partial charge in [-0.15, -0.1) is 0 Å². The molecule has 110 valence electrons. The number of aryl methyl sites for hydroxylation is 2. The van der Waals surface area contributed by atoms with Crippen molar-refractivity contribution in [1.82, 2.24) is 0 Å². The zero-order valence-corrected chi connectivity index (χ0v) is 14.1. The highest BCUT2D eigenvalue weighted by Crippen LogP contribution is 2.27. The molecule has 0 atom stereocenters. The standard InChI is InChI=1S/C10H14.C9H20/c1-3-5-10-7-4-6-9(2)8-10;1-5-7-9(3,4)8-6-2/h4,6-8H,3,5H2,1-2H3;5-8H2,1-4H3. The maximum atomic E-state index is 2.36. The average Bonchev–Trinajstić information content (AvgIpc) is 2.30. The molecule has 0 amide bonds. The third kappa shape index (κ3) is 9.76. The minimum absolute atomic E-state index is 0.601. The lowest BCUT2D eigenvalue weighted by Crippen LogP contribution is -2.09. The van der Waals surface area contributed by atoms with E-state index in [1.54, 1.807) is 0 Å². The summed E-state index contributed by atoms with van der Waals surface area (Å²) in [7, 11) is 0. The molecule has 1 aromatic rings. The van der Waals surface area contributed by atoms with Crippen LogP contribution >= 0.6 is 0 Å². The van der Waals surface area contributed by atoms with Crippen LogP contribution in [0.2, 0.25) is 0 Å². The summed E-state index contributed by atoms with van der Waals surface area (Å²) in [6, 6.07) is 8.71. The van der Waals surface area contributed by atoms with Crippen LogP contribution in [-0.2, 0) is 6.42 Å². The van der Waals surface area contributed by atoms with Gasteiger partial charge in [0.25, 0.3) is 0 Å². The lowest BCUT2D eigenvalue weighted by molar-refractivity contribution is 0.301. The maximum absolute atomic E-state index is 2.36. The molecule has 0 radical (unpaired) electrons. The molecule has 0 aromatic heterocycles. The molecule has 0 aliphatic heterocycles. The molecule has 0 spiro atoms. The molecule has 0 heterocycles. The molecule has 0 fully saturated rings. The molecular formula is C19H34. The lowest BCUT2D eigenvalue weighted by atomic mass is 9.84. The summed E-state index contributed by atoms with van der Waals surface area (Å²) in [6.45, 7) is 13.6. The van der Waals surface area contributed by atoms with Crippen LogP contribution in [0.25, 0.3) is 0 Å². The summed E-state index contributed by atoms with van der Waals surface area (Å²) < 4.78 is 0. The molecule has 0 nitrogen and oxygen atoms in total. The van der Waals surface area contributed by atoms with E-state index in [0.29, 0.717) is 5.41 Å². The van der Waals surface area contributed by atoms with Crippen molar-refractivity contribution in [3.63, 3.8) is 0 Å². The largest absolute Gasteiger partial charge is 0.0654 e. The van der Waals surface area contributed by atoms with Crippen molar-refractivity contribution in [2.24, 2.45) is 5.41 Å². The Hall–Kier alpha value is -0.780. The lowest BCUT2D eigenvalue weighted by Gasteiger charge is -2.22. The normalized spacial score (nSPS) is 10.8. The zero-order valence-electron chi connectivity index (χ0n) is 14.1. The molecule has 19 heavy (non-hydrogen) atoms. The van der Waals surface area contributed by atoms with Gasteiger partial charge in [-0.3, -0.25) is 0 Å². The van der Waals surface area contributed by atoms with E-state index in [-0.39, 0.29) is 0 Å². The second kappa shape index (κ2) is 10.1. The summed E-state index contributed by atoms with van der Waals surface area (Å²) in [6.07, 6.45) is 7.85. The average molecular weight is 262 g/mol. The summed E-state index contributed by atoms with van der Waals surface area (Å²) in [4.78, 5) is 0. The second-order valence-electron chi connectivity index (χ2n) is 6.40. The van der Waals surface area contributed by atoms with E-state index in [4.69, 9.17) is 0 Å². The van der Waals surface area contributed by atoms with Crippen molar-refractivity contribution >= 4 is 0 Å². The highest BCUT2D eigenvalue weighted by Gasteiger charge is 2.13. The van der Waals surface area contributed by atoms with Crippen molar-refractivity contribution in [3.8, 4) is 0 Å². The first-order valence-electron chi connectivity index (χ1n) is 8.00. The van der Waals surface area contributed by atoms with Crippen LogP contribution in [0.1, 0.15) is 77.8 Å². The van der Waals surface area contributed by atoms with Crippen LogP contribution in [-0.4, -0.2) is 0 Å². The first-order chi connectivity index (χ1) is 8.95. The molecule has 0 saturated carbocycles. The van der Waals surface area contributed by atoms with Gasteiger partial charge in [-0.2, -0.15) is 0 Å². The Balaban J connectivity index is 0.000000344. The molecule has 0 aliphatic rings. The van der Waals surface area contributed by atoms with Gasteiger partial charge in [0.05, 0.1) is 0 Å². The monoisotopic (exact) mass is 262 g/mol. The Labute approximate surface area is 121 Å². The Morgan fingerprint density at radius 2 is 1.47 bits per heavy atom. The van der Waals surface area contributed by atoms with Gasteiger partial charge in [-0.25, -0.2) is 0 Å². The van der Waals surface area contributed by atoms with Gasteiger partial charge in [-0.05, 0) is 37.2 Å². The van der Waals surface area contributed by atoms with Gasteiger partial charge in [0.2, 0.25) is 0 Å². The van der Waals surface area contributed by atoms with Crippen LogP contribution in [0, 0.1) is 12.3 Å². The predicted molar refractivity (Wildman–Crippen MR) is 88.8 cm³/mol. The summed E-state index contributed by atoms with van der Waals surface area (Å²) in [5.41, 5.74) is 3.43. The van der Waals surface area contributed by atoms with Crippen LogP contribution in [0.5, 0.6) is 0 Å². The fraction of sp³-hybridized carbons (Fsp3) is 0.684. The van der Waals surface area contributed by atoms with Crippen molar-refractivity contribution < 1.29 is 0 Å². The van der Waals surface area contributed by atoms with E-state index in [1.807, 2.05) is 0 Å². The van der Waals surface area contributed by atoms with Crippen molar-refractivity contribution in [3.05, 3.63) is 35.4 Å². The molecule has 0 N–H and O–H groups in total. The molecular weight excluding hydrogens is 228 g/mol. The summed E-state index contributed by atoms with van der Waals surface area (Å²) >= 11 is 0. The third-order valence-corrected chi connectivity index (χ3v) is 3.47. The van der Waals surface area contributed by atoms with Crippen molar-refractivity contribution in [1.29, 1.82) is 0 Å². The Morgan fingerprint density at radius 3 is 1.89 bits per heavy atom. The predicted octanol–water partition coefficient (Wildman–Crippen LogP) is 6.56. The van der Waals surface area contributed by atoms with Gasteiger partial charge < -0.3 is 0 Å². The van der Waals surface area contributed by atoms with Crippen LogP contribution in [0.15, 0.2) is 24.3 Å². The highest BCUT2D eigenvalue weighted by molar-refractivity contribution is 5.22. The molecule has 0 heteroatoms. The van der Waals surface area contributed by atoms with Crippen LogP contribution in [0.3, 0.4) is 0 Å². The van der Waals surface area contributed by atoms with E-state index in [9.17, 15) is 0 Å². The Morgan fingerprint density at radius 1 is 0.895 bits per heavy atom. The van der Waals surface area contributed by atoms with Gasteiger partial charge in [-0.1, -0.05) is 83.7 Å². The van der Waals surface area contributed by atoms with Gasteiger partial charge in [0.15, 0.2) is 0 Å². The number of rotatable bonds is 6. The Kier molecular flexibility index (Phi) is 9.65. The molecule has 0 unspecified atom stereocenters. The number of benzene rings is 1. The van der Waals surface area contributed by atoms with E-state index in [1.165, 1.54) is 49.7 Å². The fourth-order valence-corrected chi connectivity index (χ4v) is 2.63. The van der Waals surface area contributed by atoms with E-state index >= 15 is 0 Å². The first-order valence-corrected chi connectivity index (χ1v) is 8.00. The van der Waals surface area contributed by atoms with Crippen molar-refractivity contribution in [2.75, 3.05) is 0 Å². The highest BCUT2D eigenvalue weighted by atomic mass is 14.2. The van der Waals surface area contributed by atoms with Crippen molar-refractivity contribution in [2.45, 2.75) is 80.1 Å². The van der Waals surface area contributed by atoms with Gasteiger partial charge in [0, 0.05) is 0 Å². The SMILES string of the molecule is CCCC(C)(C)CCC.CCCc1cccc(C)c1. The minimum Gasteiger partial charge on any atom is -0.0654 e. The van der Waals surface area contributed by atoms with Crippen LogP contribution < -0.4 is 0 Å². The second-order valence-corrected chi connectivity index (χ2v) is 6.40. The van der Waals surface area contributed by atoms with E-state index < -0.39 is 0 Å². The molecule has 0 saturated heterocycles. The molecule has 0 aliphatic carbocycles. The quantitative estimate of drug-likeness (QED) is 0.544. The van der Waals surface area contributed by atoms with E-state index in [0.717, 1.165) is 0 Å². The first kappa shape index (κ1) is 18.2. The maximum Gasteiger partial charge on any atom is -0.0281 e. The smallest absolute Gasteiger partial charge is 0.0281 e. The summed E-state index contributed by atoms with van der Waals surface area (Å²) in [5.74, 6) is 0. The fourth-order valence-electron chi connectivity index (χ4n) is 2.63. The topological polar surface area (TPSA) is 0 Å². The minimum atomic E-state index is 0.601.